The molecule has 0 unspecified atom stereocenters. The number of benzene rings is 2. The van der Waals surface area contributed by atoms with Crippen molar-refractivity contribution in [3.8, 4) is 16.9 Å². The summed E-state index contributed by atoms with van der Waals surface area (Å²) in [5, 5.41) is 5.44. The smallest absolute Gasteiger partial charge is 0.406 e. The van der Waals surface area contributed by atoms with Crippen molar-refractivity contribution in [2.75, 3.05) is 0 Å². The summed E-state index contributed by atoms with van der Waals surface area (Å²) in [5.74, 6) is -0.231. The van der Waals surface area contributed by atoms with Crippen molar-refractivity contribution >= 4 is 10.9 Å². The van der Waals surface area contributed by atoms with E-state index < -0.39 is 6.36 Å². The first-order chi connectivity index (χ1) is 13.4. The molecule has 0 saturated heterocycles. The first-order valence-electron chi connectivity index (χ1n) is 8.84. The van der Waals surface area contributed by atoms with Gasteiger partial charge in [-0.2, -0.15) is 5.10 Å². The lowest BCUT2D eigenvalue weighted by molar-refractivity contribution is -0.274. The van der Waals surface area contributed by atoms with Crippen molar-refractivity contribution in [3.05, 3.63) is 72.2 Å². The normalized spacial score (nSPS) is 11.9. The van der Waals surface area contributed by atoms with E-state index >= 15 is 0 Å². The number of ether oxygens (including phenoxy) is 1. The Bertz CT molecular complexity index is 1090. The number of rotatable bonds is 5. The van der Waals surface area contributed by atoms with E-state index in [1.165, 1.54) is 12.1 Å². The zero-order chi connectivity index (χ0) is 19.7. The van der Waals surface area contributed by atoms with E-state index in [-0.39, 0.29) is 5.75 Å². The number of hydrogen-bond acceptors (Lipinski definition) is 2. The molecule has 4 rings (SSSR count). The monoisotopic (exact) mass is 385 g/mol. The number of nitrogens with zero attached hydrogens (tertiary/aromatic N) is 2. The quantitative estimate of drug-likeness (QED) is 0.494. The lowest BCUT2D eigenvalue weighted by Gasteiger charge is -2.09. The van der Waals surface area contributed by atoms with Crippen molar-refractivity contribution in [2.45, 2.75) is 26.3 Å². The highest BCUT2D eigenvalue weighted by atomic mass is 19.4. The van der Waals surface area contributed by atoms with Crippen LogP contribution >= 0.6 is 0 Å². The van der Waals surface area contributed by atoms with E-state index in [4.69, 9.17) is 0 Å². The van der Waals surface area contributed by atoms with Crippen LogP contribution in [0.3, 0.4) is 0 Å². The van der Waals surface area contributed by atoms with Gasteiger partial charge < -0.3 is 9.72 Å². The fourth-order valence-electron chi connectivity index (χ4n) is 3.25. The predicted octanol–water partition coefficient (Wildman–Crippen LogP) is 5.48. The van der Waals surface area contributed by atoms with E-state index in [2.05, 4.69) is 20.9 Å². The molecule has 0 saturated carbocycles. The number of halogens is 3. The summed E-state index contributed by atoms with van der Waals surface area (Å²) in [6.45, 7) is 2.72. The van der Waals surface area contributed by atoms with E-state index in [9.17, 15) is 13.2 Å². The zero-order valence-corrected chi connectivity index (χ0v) is 15.1. The third-order valence-electron chi connectivity index (χ3n) is 4.50. The van der Waals surface area contributed by atoms with Crippen LogP contribution in [0.15, 0.2) is 60.8 Å². The van der Waals surface area contributed by atoms with Crippen molar-refractivity contribution < 1.29 is 17.9 Å². The number of nitrogens with one attached hydrogen (secondary N) is 1. The summed E-state index contributed by atoms with van der Waals surface area (Å²) < 4.78 is 42.9. The summed E-state index contributed by atoms with van der Waals surface area (Å²) in [5.41, 5.74) is 4.76. The van der Waals surface area contributed by atoms with E-state index in [0.717, 1.165) is 46.4 Å². The van der Waals surface area contributed by atoms with Gasteiger partial charge in [-0.15, -0.1) is 13.2 Å². The zero-order valence-electron chi connectivity index (χ0n) is 15.1. The molecule has 2 aromatic heterocycles. The van der Waals surface area contributed by atoms with Gasteiger partial charge >= 0.3 is 6.36 Å². The van der Waals surface area contributed by atoms with Gasteiger partial charge in [0.05, 0.1) is 11.2 Å². The molecule has 2 heterocycles. The second kappa shape index (κ2) is 7.07. The van der Waals surface area contributed by atoms with Crippen molar-refractivity contribution in [1.82, 2.24) is 14.8 Å². The number of aryl methyl sites for hydroxylation is 3. The van der Waals surface area contributed by atoms with Gasteiger partial charge in [0.15, 0.2) is 0 Å². The first kappa shape index (κ1) is 18.2. The van der Waals surface area contributed by atoms with Gasteiger partial charge in [-0.05, 0) is 36.8 Å². The number of aromatic amines is 1. The molecule has 0 aliphatic carbocycles. The van der Waals surface area contributed by atoms with Gasteiger partial charge in [-0.25, -0.2) is 0 Å². The Balaban J connectivity index is 1.58. The minimum absolute atomic E-state index is 0.231. The van der Waals surface area contributed by atoms with E-state index in [1.54, 1.807) is 12.1 Å². The standard InChI is InChI=1S/C21H18F3N3O/c1-14-9-11-27(26-14)12-10-17-13-16-3-2-4-19(20(16)25-17)15-5-7-18(8-6-15)28-21(22,23)24/h2-9,11,13,25H,10,12H2,1H3. The Morgan fingerprint density at radius 1 is 1.07 bits per heavy atom. The predicted molar refractivity (Wildman–Crippen MR) is 101 cm³/mol. The van der Waals surface area contributed by atoms with Gasteiger partial charge in [0.25, 0.3) is 0 Å². The summed E-state index contributed by atoms with van der Waals surface area (Å²) in [6, 6.07) is 15.9. The molecule has 0 spiro atoms. The topological polar surface area (TPSA) is 42.8 Å². The van der Waals surface area contributed by atoms with Crippen molar-refractivity contribution in [3.63, 3.8) is 0 Å². The minimum Gasteiger partial charge on any atom is -0.406 e. The average Bonchev–Trinajstić information content (AvgIpc) is 3.24. The van der Waals surface area contributed by atoms with Gasteiger partial charge in [0, 0.05) is 35.8 Å². The van der Waals surface area contributed by atoms with E-state index in [0.29, 0.717) is 0 Å². The largest absolute Gasteiger partial charge is 0.573 e. The highest BCUT2D eigenvalue weighted by Crippen LogP contribution is 2.31. The van der Waals surface area contributed by atoms with Crippen molar-refractivity contribution in [1.29, 1.82) is 0 Å². The average molecular weight is 385 g/mol. The second-order valence-corrected chi connectivity index (χ2v) is 6.61. The summed E-state index contributed by atoms with van der Waals surface area (Å²) in [7, 11) is 0. The number of fused-ring (bicyclic) bond motifs is 1. The Kier molecular flexibility index (Phi) is 4.58. The fraction of sp³-hybridized carbons (Fsp3) is 0.190. The second-order valence-electron chi connectivity index (χ2n) is 6.61. The maximum absolute atomic E-state index is 12.3. The van der Waals surface area contributed by atoms with Gasteiger partial charge in [0.1, 0.15) is 5.75 Å². The molecule has 0 atom stereocenters. The molecule has 4 aromatic rings. The highest BCUT2D eigenvalue weighted by molar-refractivity contribution is 5.94. The summed E-state index contributed by atoms with van der Waals surface area (Å²) in [4.78, 5) is 3.44. The molecule has 0 fully saturated rings. The van der Waals surface area contributed by atoms with Crippen LogP contribution in [0.4, 0.5) is 13.2 Å². The Morgan fingerprint density at radius 2 is 1.86 bits per heavy atom. The molecule has 1 N–H and O–H groups in total. The molecule has 7 heteroatoms. The lowest BCUT2D eigenvalue weighted by atomic mass is 10.0. The molecule has 0 amide bonds. The fourth-order valence-corrected chi connectivity index (χ4v) is 3.25. The van der Waals surface area contributed by atoms with Crippen LogP contribution in [0.2, 0.25) is 0 Å². The summed E-state index contributed by atoms with van der Waals surface area (Å²) >= 11 is 0. The van der Waals surface area contributed by atoms with Crippen LogP contribution < -0.4 is 4.74 Å². The van der Waals surface area contributed by atoms with Crippen LogP contribution in [0.1, 0.15) is 11.4 Å². The molecule has 28 heavy (non-hydrogen) atoms. The molecule has 0 bridgehead atoms. The number of H-pyrrole nitrogens is 1. The molecule has 0 aliphatic rings. The molecule has 0 aliphatic heterocycles. The Labute approximate surface area is 159 Å². The summed E-state index contributed by atoms with van der Waals surface area (Å²) in [6.07, 6.45) is -1.94. The van der Waals surface area contributed by atoms with Crippen LogP contribution in [0.5, 0.6) is 5.75 Å². The van der Waals surface area contributed by atoms with Gasteiger partial charge in [-0.1, -0.05) is 30.3 Å². The van der Waals surface area contributed by atoms with Crippen LogP contribution in [0.25, 0.3) is 22.0 Å². The molecule has 4 nitrogen and oxygen atoms in total. The van der Waals surface area contributed by atoms with E-state index in [1.807, 2.05) is 42.1 Å². The molecule has 2 aromatic carbocycles. The molecular weight excluding hydrogens is 367 g/mol. The maximum atomic E-state index is 12.3. The van der Waals surface area contributed by atoms with Gasteiger partial charge in [-0.3, -0.25) is 4.68 Å². The number of hydrogen-bond donors (Lipinski definition) is 1. The third kappa shape index (κ3) is 4.03. The Morgan fingerprint density at radius 3 is 2.54 bits per heavy atom. The molecule has 144 valence electrons. The third-order valence-corrected chi connectivity index (χ3v) is 4.50. The SMILES string of the molecule is Cc1ccn(CCc2cc3cccc(-c4ccc(OC(F)(F)F)cc4)c3[nH]2)n1. The number of aromatic nitrogens is 3. The van der Waals surface area contributed by atoms with Crippen LogP contribution in [-0.2, 0) is 13.0 Å². The maximum Gasteiger partial charge on any atom is 0.573 e. The number of alkyl halides is 3. The molecule has 0 radical (unpaired) electrons. The van der Waals surface area contributed by atoms with Crippen molar-refractivity contribution in [2.24, 2.45) is 0 Å². The minimum atomic E-state index is -4.69. The Hall–Kier alpha value is -3.22. The highest BCUT2D eigenvalue weighted by Gasteiger charge is 2.31. The van der Waals surface area contributed by atoms with Crippen LogP contribution in [0, 0.1) is 6.92 Å². The first-order valence-corrected chi connectivity index (χ1v) is 8.84. The van der Waals surface area contributed by atoms with Crippen LogP contribution in [-0.4, -0.2) is 21.1 Å². The van der Waals surface area contributed by atoms with Gasteiger partial charge in [0.2, 0.25) is 0 Å². The lowest BCUT2D eigenvalue weighted by Crippen LogP contribution is -2.16. The molecular formula is C21H18F3N3O. The number of para-hydroxylation sites is 1.